The zero-order chi connectivity index (χ0) is 10.7. The second kappa shape index (κ2) is 4.47. The van der Waals surface area contributed by atoms with Crippen LogP contribution >= 0.6 is 0 Å². The number of aliphatic carboxylic acids is 1. The minimum absolute atomic E-state index is 0.0856. The summed E-state index contributed by atoms with van der Waals surface area (Å²) in [6.07, 6.45) is 7.86. The van der Waals surface area contributed by atoms with Crippen LogP contribution in [0.4, 0.5) is 0 Å². The third-order valence-electron chi connectivity index (χ3n) is 3.11. The Kier molecular flexibility index (Phi) is 3.04. The van der Waals surface area contributed by atoms with Gasteiger partial charge in [0.05, 0.1) is 12.6 Å². The quantitative estimate of drug-likeness (QED) is 0.799. The van der Waals surface area contributed by atoms with Gasteiger partial charge in [0, 0.05) is 17.2 Å². The summed E-state index contributed by atoms with van der Waals surface area (Å²) in [4.78, 5) is 10.7. The van der Waals surface area contributed by atoms with Crippen molar-refractivity contribution in [3.8, 4) is 0 Å². The lowest BCUT2D eigenvalue weighted by atomic mass is 9.85. The summed E-state index contributed by atoms with van der Waals surface area (Å²) in [5, 5.41) is 15.7. The van der Waals surface area contributed by atoms with Crippen LogP contribution in [0.25, 0.3) is 0 Å². The van der Waals surface area contributed by atoms with E-state index in [1.54, 1.807) is 6.20 Å². The van der Waals surface area contributed by atoms with Crippen molar-refractivity contribution in [3.05, 3.63) is 17.5 Å². The van der Waals surface area contributed by atoms with Crippen LogP contribution in [-0.2, 0) is 11.2 Å². The maximum Gasteiger partial charge on any atom is 0.307 e. The molecule has 0 atom stereocenters. The molecule has 1 heterocycles. The molecule has 0 amide bonds. The Morgan fingerprint density at radius 3 is 2.87 bits per heavy atom. The number of aromatic amines is 1. The van der Waals surface area contributed by atoms with Crippen LogP contribution in [0.2, 0.25) is 0 Å². The van der Waals surface area contributed by atoms with Gasteiger partial charge in [-0.2, -0.15) is 5.10 Å². The van der Waals surface area contributed by atoms with E-state index in [9.17, 15) is 4.79 Å². The van der Waals surface area contributed by atoms with Crippen molar-refractivity contribution in [2.75, 3.05) is 0 Å². The predicted molar refractivity (Wildman–Crippen MR) is 55.8 cm³/mol. The summed E-state index contributed by atoms with van der Waals surface area (Å²) < 4.78 is 0. The van der Waals surface area contributed by atoms with Gasteiger partial charge < -0.3 is 5.11 Å². The van der Waals surface area contributed by atoms with Crippen LogP contribution in [0.1, 0.15) is 49.3 Å². The molecule has 1 fully saturated rings. The van der Waals surface area contributed by atoms with Crippen LogP contribution < -0.4 is 0 Å². The van der Waals surface area contributed by atoms with Crippen LogP contribution in [0.15, 0.2) is 6.20 Å². The molecular formula is C11H16N2O2. The molecule has 1 saturated carbocycles. The highest BCUT2D eigenvalue weighted by atomic mass is 16.4. The summed E-state index contributed by atoms with van der Waals surface area (Å²) in [5.74, 6) is -0.288. The molecule has 0 radical (unpaired) electrons. The molecule has 1 aromatic heterocycles. The lowest BCUT2D eigenvalue weighted by Gasteiger charge is -2.21. The lowest BCUT2D eigenvalue weighted by molar-refractivity contribution is -0.136. The normalized spacial score (nSPS) is 17.9. The number of aromatic nitrogens is 2. The van der Waals surface area contributed by atoms with Crippen LogP contribution in [-0.4, -0.2) is 21.3 Å². The van der Waals surface area contributed by atoms with E-state index in [1.807, 2.05) is 0 Å². The maximum absolute atomic E-state index is 10.7. The van der Waals surface area contributed by atoms with E-state index in [4.69, 9.17) is 5.11 Å². The van der Waals surface area contributed by atoms with Crippen LogP contribution in [0.3, 0.4) is 0 Å². The number of carbonyl (C=O) groups is 1. The second-order valence-corrected chi connectivity index (χ2v) is 4.21. The Balaban J connectivity index is 2.12. The highest BCUT2D eigenvalue weighted by molar-refractivity contribution is 5.70. The fraction of sp³-hybridized carbons (Fsp3) is 0.636. The third-order valence-corrected chi connectivity index (χ3v) is 3.11. The van der Waals surface area contributed by atoms with Gasteiger partial charge in [-0.05, 0) is 12.8 Å². The fourth-order valence-corrected chi connectivity index (χ4v) is 2.37. The minimum Gasteiger partial charge on any atom is -0.481 e. The largest absolute Gasteiger partial charge is 0.481 e. The van der Waals surface area contributed by atoms with E-state index in [-0.39, 0.29) is 6.42 Å². The zero-order valence-corrected chi connectivity index (χ0v) is 8.70. The molecular weight excluding hydrogens is 192 g/mol. The molecule has 0 aromatic carbocycles. The lowest BCUT2D eigenvalue weighted by Crippen LogP contribution is -2.09. The SMILES string of the molecule is O=C(O)Cc1cn[nH]c1C1CCCCC1. The van der Waals surface area contributed by atoms with Crippen molar-refractivity contribution >= 4 is 5.97 Å². The molecule has 0 bridgehead atoms. The van der Waals surface area contributed by atoms with E-state index >= 15 is 0 Å². The van der Waals surface area contributed by atoms with Crippen LogP contribution in [0.5, 0.6) is 0 Å². The molecule has 15 heavy (non-hydrogen) atoms. The number of H-pyrrole nitrogens is 1. The third kappa shape index (κ3) is 2.37. The first-order chi connectivity index (χ1) is 7.27. The molecule has 2 rings (SSSR count). The Bertz CT molecular complexity index is 340. The van der Waals surface area contributed by atoms with Crippen molar-refractivity contribution < 1.29 is 9.90 Å². The summed E-state index contributed by atoms with van der Waals surface area (Å²) in [6.45, 7) is 0. The molecule has 0 unspecified atom stereocenters. The maximum atomic E-state index is 10.7. The number of hydrogen-bond donors (Lipinski definition) is 2. The highest BCUT2D eigenvalue weighted by Crippen LogP contribution is 2.33. The first kappa shape index (κ1) is 10.2. The van der Waals surface area contributed by atoms with Gasteiger partial charge in [-0.25, -0.2) is 0 Å². The van der Waals surface area contributed by atoms with E-state index in [1.165, 1.54) is 19.3 Å². The van der Waals surface area contributed by atoms with E-state index < -0.39 is 5.97 Å². The number of carboxylic acids is 1. The van der Waals surface area contributed by atoms with Crippen molar-refractivity contribution in [3.63, 3.8) is 0 Å². The number of rotatable bonds is 3. The molecule has 1 aliphatic carbocycles. The summed E-state index contributed by atoms with van der Waals surface area (Å²) in [5.41, 5.74) is 1.91. The summed E-state index contributed by atoms with van der Waals surface area (Å²) in [6, 6.07) is 0. The Morgan fingerprint density at radius 2 is 2.20 bits per heavy atom. The minimum atomic E-state index is -0.784. The molecule has 4 nitrogen and oxygen atoms in total. The van der Waals surface area contributed by atoms with Gasteiger partial charge in [0.2, 0.25) is 0 Å². The molecule has 0 aliphatic heterocycles. The highest BCUT2D eigenvalue weighted by Gasteiger charge is 2.20. The Hall–Kier alpha value is -1.32. The van der Waals surface area contributed by atoms with Crippen molar-refractivity contribution in [1.29, 1.82) is 0 Å². The molecule has 4 heteroatoms. The van der Waals surface area contributed by atoms with E-state index in [0.29, 0.717) is 5.92 Å². The van der Waals surface area contributed by atoms with Crippen molar-refractivity contribution in [1.82, 2.24) is 10.2 Å². The van der Waals surface area contributed by atoms with Gasteiger partial charge in [-0.1, -0.05) is 19.3 Å². The van der Waals surface area contributed by atoms with Crippen molar-refractivity contribution in [2.45, 2.75) is 44.4 Å². The van der Waals surface area contributed by atoms with Crippen molar-refractivity contribution in [2.24, 2.45) is 0 Å². The molecule has 0 spiro atoms. The predicted octanol–water partition coefficient (Wildman–Crippen LogP) is 2.08. The molecule has 2 N–H and O–H groups in total. The van der Waals surface area contributed by atoms with Gasteiger partial charge in [0.15, 0.2) is 0 Å². The van der Waals surface area contributed by atoms with Gasteiger partial charge in [-0.3, -0.25) is 9.89 Å². The van der Waals surface area contributed by atoms with E-state index in [2.05, 4.69) is 10.2 Å². The van der Waals surface area contributed by atoms with Gasteiger partial charge in [0.1, 0.15) is 0 Å². The average molecular weight is 208 g/mol. The molecule has 1 aliphatic rings. The average Bonchev–Trinajstić information content (AvgIpc) is 2.66. The standard InChI is InChI=1S/C11H16N2O2/c14-10(15)6-9-7-12-13-11(9)8-4-2-1-3-5-8/h7-8H,1-6H2,(H,12,13)(H,14,15). The molecule has 82 valence electrons. The van der Waals surface area contributed by atoms with Gasteiger partial charge in [0.25, 0.3) is 0 Å². The topological polar surface area (TPSA) is 66.0 Å². The Labute approximate surface area is 88.7 Å². The molecule has 1 aromatic rings. The number of nitrogens with zero attached hydrogens (tertiary/aromatic N) is 1. The zero-order valence-electron chi connectivity index (χ0n) is 8.70. The first-order valence-electron chi connectivity index (χ1n) is 5.51. The smallest absolute Gasteiger partial charge is 0.307 e. The second-order valence-electron chi connectivity index (χ2n) is 4.21. The van der Waals surface area contributed by atoms with E-state index in [0.717, 1.165) is 24.1 Å². The number of hydrogen-bond acceptors (Lipinski definition) is 2. The first-order valence-corrected chi connectivity index (χ1v) is 5.51. The summed E-state index contributed by atoms with van der Waals surface area (Å²) in [7, 11) is 0. The Morgan fingerprint density at radius 1 is 1.47 bits per heavy atom. The molecule has 0 saturated heterocycles. The number of carboxylic acid groups (broad SMARTS) is 1. The number of nitrogens with one attached hydrogen (secondary N) is 1. The van der Waals surface area contributed by atoms with Gasteiger partial charge >= 0.3 is 5.97 Å². The van der Waals surface area contributed by atoms with Crippen LogP contribution in [0, 0.1) is 0 Å². The monoisotopic (exact) mass is 208 g/mol. The van der Waals surface area contributed by atoms with Gasteiger partial charge in [-0.15, -0.1) is 0 Å². The fourth-order valence-electron chi connectivity index (χ4n) is 2.37. The summed E-state index contributed by atoms with van der Waals surface area (Å²) >= 11 is 0.